The second-order valence-corrected chi connectivity index (χ2v) is 4.62. The second-order valence-electron chi connectivity index (χ2n) is 4.62. The Morgan fingerprint density at radius 1 is 1.24 bits per heavy atom. The quantitative estimate of drug-likeness (QED) is 0.872. The minimum absolute atomic E-state index is 0.197. The predicted octanol–water partition coefficient (Wildman–Crippen LogP) is 1.96. The molecule has 2 rings (SSSR count). The summed E-state index contributed by atoms with van der Waals surface area (Å²) >= 11 is 0. The minimum atomic E-state index is -0.290. The number of hydrogen-bond acceptors (Lipinski definition) is 6. The van der Waals surface area contributed by atoms with Gasteiger partial charge in [0, 0.05) is 18.3 Å². The molecule has 0 unspecified atom stereocenters. The van der Waals surface area contributed by atoms with Crippen molar-refractivity contribution in [2.75, 3.05) is 17.2 Å². The van der Waals surface area contributed by atoms with E-state index in [9.17, 15) is 4.79 Å². The number of pyridine rings is 1. The van der Waals surface area contributed by atoms with Gasteiger partial charge in [0.05, 0.1) is 11.4 Å². The Morgan fingerprint density at radius 2 is 2.05 bits per heavy atom. The van der Waals surface area contributed by atoms with Crippen LogP contribution in [0.15, 0.2) is 18.3 Å². The van der Waals surface area contributed by atoms with Crippen molar-refractivity contribution in [3.63, 3.8) is 0 Å². The number of nitrogens with one attached hydrogen (secondary N) is 2. The zero-order valence-electron chi connectivity index (χ0n) is 12.3. The summed E-state index contributed by atoms with van der Waals surface area (Å²) < 4.78 is 0. The van der Waals surface area contributed by atoms with Crippen molar-refractivity contribution in [3.8, 4) is 0 Å². The molecule has 2 aromatic heterocycles. The number of rotatable bonds is 5. The summed E-state index contributed by atoms with van der Waals surface area (Å²) in [6.45, 7) is 6.50. The fourth-order valence-electron chi connectivity index (χ4n) is 1.61. The highest BCUT2D eigenvalue weighted by atomic mass is 16.1. The lowest BCUT2D eigenvalue weighted by Crippen LogP contribution is -2.16. The summed E-state index contributed by atoms with van der Waals surface area (Å²) in [7, 11) is 0. The molecule has 2 heterocycles. The first-order valence-electron chi connectivity index (χ1n) is 6.79. The largest absolute Gasteiger partial charge is 0.370 e. The molecule has 0 fully saturated rings. The van der Waals surface area contributed by atoms with Gasteiger partial charge in [-0.25, -0.2) is 9.97 Å². The SMILES string of the molecule is CCCNc1cc(C(=O)Nc2nnc(C)c(C)n2)ccn1. The first-order chi connectivity index (χ1) is 10.1. The number of carbonyl (C=O) groups excluding carboxylic acids is 1. The van der Waals surface area contributed by atoms with E-state index in [-0.39, 0.29) is 11.9 Å². The molecular formula is C14H18N6O. The monoisotopic (exact) mass is 286 g/mol. The maximum atomic E-state index is 12.2. The number of aryl methyl sites for hydroxylation is 2. The maximum Gasteiger partial charge on any atom is 0.258 e. The first-order valence-corrected chi connectivity index (χ1v) is 6.79. The fourth-order valence-corrected chi connectivity index (χ4v) is 1.61. The third-order valence-corrected chi connectivity index (χ3v) is 2.90. The third kappa shape index (κ3) is 3.95. The lowest BCUT2D eigenvalue weighted by molar-refractivity contribution is 0.102. The summed E-state index contributed by atoms with van der Waals surface area (Å²) in [6, 6.07) is 3.33. The first kappa shape index (κ1) is 14.8. The van der Waals surface area contributed by atoms with Gasteiger partial charge in [0.25, 0.3) is 5.91 Å². The fraction of sp³-hybridized carbons (Fsp3) is 0.357. The van der Waals surface area contributed by atoms with Gasteiger partial charge in [-0.15, -0.1) is 5.10 Å². The van der Waals surface area contributed by atoms with E-state index in [1.165, 1.54) is 0 Å². The smallest absolute Gasteiger partial charge is 0.258 e. The highest BCUT2D eigenvalue weighted by molar-refractivity contribution is 6.03. The molecule has 0 saturated carbocycles. The van der Waals surface area contributed by atoms with Crippen molar-refractivity contribution in [2.45, 2.75) is 27.2 Å². The molecule has 7 heteroatoms. The van der Waals surface area contributed by atoms with Crippen molar-refractivity contribution >= 4 is 17.7 Å². The molecule has 2 N–H and O–H groups in total. The van der Waals surface area contributed by atoms with Crippen LogP contribution in [-0.2, 0) is 0 Å². The molecule has 0 aliphatic heterocycles. The minimum Gasteiger partial charge on any atom is -0.370 e. The van der Waals surface area contributed by atoms with Gasteiger partial charge in [-0.2, -0.15) is 5.10 Å². The Hall–Kier alpha value is -2.57. The van der Waals surface area contributed by atoms with E-state index in [2.05, 4.69) is 37.7 Å². The number of anilines is 2. The Kier molecular flexibility index (Phi) is 4.76. The molecule has 0 aromatic carbocycles. The van der Waals surface area contributed by atoms with Crippen LogP contribution in [0.2, 0.25) is 0 Å². The van der Waals surface area contributed by atoms with E-state index in [1.54, 1.807) is 18.3 Å². The van der Waals surface area contributed by atoms with Crippen LogP contribution in [0.25, 0.3) is 0 Å². The van der Waals surface area contributed by atoms with Crippen LogP contribution in [0.3, 0.4) is 0 Å². The van der Waals surface area contributed by atoms with Crippen LogP contribution in [0.4, 0.5) is 11.8 Å². The molecular weight excluding hydrogens is 268 g/mol. The van der Waals surface area contributed by atoms with Crippen molar-refractivity contribution < 1.29 is 4.79 Å². The predicted molar refractivity (Wildman–Crippen MR) is 80.3 cm³/mol. The lowest BCUT2D eigenvalue weighted by atomic mass is 10.2. The average Bonchev–Trinajstić information content (AvgIpc) is 2.49. The van der Waals surface area contributed by atoms with Gasteiger partial charge < -0.3 is 5.32 Å². The summed E-state index contributed by atoms with van der Waals surface area (Å²) in [5.74, 6) is 0.577. The standard InChI is InChI=1S/C14H18N6O/c1-4-6-15-12-8-11(5-7-16-12)13(21)18-14-17-9(2)10(3)19-20-14/h5,7-8H,4,6H2,1-3H3,(H,15,16)(H,17,18,20,21). The van der Waals surface area contributed by atoms with E-state index >= 15 is 0 Å². The molecule has 0 atom stereocenters. The van der Waals surface area contributed by atoms with Gasteiger partial charge in [0.2, 0.25) is 5.95 Å². The van der Waals surface area contributed by atoms with Gasteiger partial charge in [-0.3, -0.25) is 10.1 Å². The van der Waals surface area contributed by atoms with Gasteiger partial charge >= 0.3 is 0 Å². The average molecular weight is 286 g/mol. The van der Waals surface area contributed by atoms with Crippen molar-refractivity contribution in [1.29, 1.82) is 0 Å². The normalized spacial score (nSPS) is 10.2. The number of carbonyl (C=O) groups is 1. The van der Waals surface area contributed by atoms with Gasteiger partial charge in [-0.05, 0) is 32.4 Å². The Labute approximate surface area is 123 Å². The van der Waals surface area contributed by atoms with Gasteiger partial charge in [0.1, 0.15) is 5.82 Å². The zero-order valence-corrected chi connectivity index (χ0v) is 12.3. The Bertz CT molecular complexity index is 643. The Balaban J connectivity index is 2.10. The molecule has 1 amide bonds. The van der Waals surface area contributed by atoms with Crippen LogP contribution in [0.5, 0.6) is 0 Å². The van der Waals surface area contributed by atoms with Crippen LogP contribution in [0.1, 0.15) is 35.1 Å². The van der Waals surface area contributed by atoms with Crippen LogP contribution < -0.4 is 10.6 Å². The van der Waals surface area contributed by atoms with Crippen LogP contribution >= 0.6 is 0 Å². The molecule has 110 valence electrons. The molecule has 0 radical (unpaired) electrons. The van der Waals surface area contributed by atoms with Crippen molar-refractivity contribution in [3.05, 3.63) is 35.3 Å². The number of aromatic nitrogens is 4. The molecule has 0 aliphatic rings. The highest BCUT2D eigenvalue weighted by Gasteiger charge is 2.10. The topological polar surface area (TPSA) is 92.7 Å². The molecule has 0 spiro atoms. The van der Waals surface area contributed by atoms with E-state index in [4.69, 9.17) is 0 Å². The zero-order chi connectivity index (χ0) is 15.2. The van der Waals surface area contributed by atoms with E-state index in [0.29, 0.717) is 11.4 Å². The lowest BCUT2D eigenvalue weighted by Gasteiger charge is -2.07. The number of hydrogen-bond donors (Lipinski definition) is 2. The summed E-state index contributed by atoms with van der Waals surface area (Å²) in [5, 5.41) is 13.5. The van der Waals surface area contributed by atoms with E-state index in [1.807, 2.05) is 13.8 Å². The third-order valence-electron chi connectivity index (χ3n) is 2.90. The molecule has 0 bridgehead atoms. The highest BCUT2D eigenvalue weighted by Crippen LogP contribution is 2.09. The maximum absolute atomic E-state index is 12.2. The van der Waals surface area contributed by atoms with Crippen molar-refractivity contribution in [2.24, 2.45) is 0 Å². The van der Waals surface area contributed by atoms with E-state index < -0.39 is 0 Å². The van der Waals surface area contributed by atoms with E-state index in [0.717, 1.165) is 24.4 Å². The summed E-state index contributed by atoms with van der Waals surface area (Å²) in [5.41, 5.74) is 1.97. The van der Waals surface area contributed by atoms with Crippen LogP contribution in [-0.4, -0.2) is 32.6 Å². The molecule has 0 aliphatic carbocycles. The van der Waals surface area contributed by atoms with Crippen molar-refractivity contribution in [1.82, 2.24) is 20.2 Å². The second kappa shape index (κ2) is 6.74. The molecule has 21 heavy (non-hydrogen) atoms. The summed E-state index contributed by atoms with van der Waals surface area (Å²) in [6.07, 6.45) is 2.58. The van der Waals surface area contributed by atoms with Crippen LogP contribution in [0, 0.1) is 13.8 Å². The number of amides is 1. The van der Waals surface area contributed by atoms with Gasteiger partial charge in [-0.1, -0.05) is 6.92 Å². The molecule has 7 nitrogen and oxygen atoms in total. The summed E-state index contributed by atoms with van der Waals surface area (Å²) in [4.78, 5) is 20.5. The molecule has 0 saturated heterocycles. The van der Waals surface area contributed by atoms with Gasteiger partial charge in [0.15, 0.2) is 0 Å². The number of nitrogens with zero attached hydrogens (tertiary/aromatic N) is 4. The Morgan fingerprint density at radius 3 is 2.76 bits per heavy atom. The molecule has 2 aromatic rings.